The first-order valence-electron chi connectivity index (χ1n) is 6.68. The Bertz CT molecular complexity index is 561. The van der Waals surface area contributed by atoms with Gasteiger partial charge in [0.05, 0.1) is 13.1 Å². The molecule has 120 valence electrons. The van der Waals surface area contributed by atoms with Gasteiger partial charge in [-0.1, -0.05) is 12.1 Å². The van der Waals surface area contributed by atoms with Crippen LogP contribution in [0.15, 0.2) is 24.3 Å². The number of anilines is 1. The normalized spacial score (nSPS) is 15.1. The van der Waals surface area contributed by atoms with Crippen LogP contribution in [-0.2, 0) is 16.1 Å². The Morgan fingerprint density at radius 1 is 1.45 bits per heavy atom. The first-order chi connectivity index (χ1) is 9.95. The summed E-state index contributed by atoms with van der Waals surface area (Å²) in [5, 5.41) is 5.20. The van der Waals surface area contributed by atoms with Crippen LogP contribution in [0.4, 0.5) is 10.5 Å². The number of carbonyl (C=O) groups excluding carboxylic acids is 3. The third-order valence-corrected chi connectivity index (χ3v) is 3.00. The minimum Gasteiger partial charge on any atom is -0.329 e. The van der Waals surface area contributed by atoms with Gasteiger partial charge in [0.1, 0.15) is 0 Å². The monoisotopic (exact) mass is 326 g/mol. The molecule has 1 fully saturated rings. The van der Waals surface area contributed by atoms with Crippen molar-refractivity contribution in [3.05, 3.63) is 29.8 Å². The Hall–Kier alpha value is -2.12. The molecule has 0 radical (unpaired) electrons. The van der Waals surface area contributed by atoms with E-state index in [2.05, 4.69) is 10.6 Å². The fourth-order valence-corrected chi connectivity index (χ4v) is 2.05. The molecular formula is C14H19ClN4O3. The Balaban J connectivity index is 0.00000242. The molecule has 22 heavy (non-hydrogen) atoms. The highest BCUT2D eigenvalue weighted by atomic mass is 35.5. The van der Waals surface area contributed by atoms with Crippen LogP contribution < -0.4 is 16.4 Å². The average Bonchev–Trinajstić information content (AvgIpc) is 2.70. The fourth-order valence-electron chi connectivity index (χ4n) is 2.05. The number of nitrogens with two attached hydrogens (primary N) is 1. The molecule has 0 aliphatic carbocycles. The number of hydrogen-bond donors (Lipinski definition) is 3. The smallest absolute Gasteiger partial charge is 0.324 e. The van der Waals surface area contributed by atoms with Crippen molar-refractivity contribution in [1.82, 2.24) is 10.2 Å². The van der Waals surface area contributed by atoms with Crippen molar-refractivity contribution >= 4 is 35.9 Å². The minimum atomic E-state index is -0.397. The molecule has 1 aliphatic heterocycles. The molecule has 2 rings (SSSR count). The molecule has 4 amide bonds. The minimum absolute atomic E-state index is 0. The van der Waals surface area contributed by atoms with Gasteiger partial charge in [-0.05, 0) is 24.6 Å². The summed E-state index contributed by atoms with van der Waals surface area (Å²) in [5.41, 5.74) is 6.95. The maximum atomic E-state index is 11.7. The summed E-state index contributed by atoms with van der Waals surface area (Å²) in [7, 11) is 0. The largest absolute Gasteiger partial charge is 0.329 e. The van der Waals surface area contributed by atoms with Crippen LogP contribution in [0.3, 0.4) is 0 Å². The predicted molar refractivity (Wildman–Crippen MR) is 84.5 cm³/mol. The maximum Gasteiger partial charge on any atom is 0.324 e. The number of nitrogens with zero attached hydrogens (tertiary/aromatic N) is 1. The number of amides is 4. The number of rotatable bonds is 5. The van der Waals surface area contributed by atoms with Crippen LogP contribution in [0, 0.1) is 0 Å². The Morgan fingerprint density at radius 3 is 2.77 bits per heavy atom. The SMILES string of the molecule is CC(N)CC(=O)Nc1cccc(CN2C(=O)CNC2=O)c1.Cl. The lowest BCUT2D eigenvalue weighted by Crippen LogP contribution is -2.30. The third kappa shape index (κ3) is 4.71. The van der Waals surface area contributed by atoms with Gasteiger partial charge in [-0.3, -0.25) is 14.5 Å². The summed E-state index contributed by atoms with van der Waals surface area (Å²) in [6.07, 6.45) is 0.233. The zero-order chi connectivity index (χ0) is 15.4. The van der Waals surface area contributed by atoms with Crippen LogP contribution in [0.2, 0.25) is 0 Å². The summed E-state index contributed by atoms with van der Waals surface area (Å²) in [4.78, 5) is 35.8. The molecule has 1 aromatic carbocycles. The van der Waals surface area contributed by atoms with Crippen LogP contribution in [0.1, 0.15) is 18.9 Å². The van der Waals surface area contributed by atoms with Crippen molar-refractivity contribution in [2.24, 2.45) is 5.73 Å². The van der Waals surface area contributed by atoms with E-state index in [4.69, 9.17) is 5.73 Å². The molecule has 1 atom stereocenters. The van der Waals surface area contributed by atoms with E-state index in [0.29, 0.717) is 5.69 Å². The number of benzene rings is 1. The number of imide groups is 1. The topological polar surface area (TPSA) is 105 Å². The summed E-state index contributed by atoms with van der Waals surface area (Å²) in [6, 6.07) is 6.42. The Morgan fingerprint density at radius 2 is 2.18 bits per heavy atom. The quantitative estimate of drug-likeness (QED) is 0.697. The summed E-state index contributed by atoms with van der Waals surface area (Å²) < 4.78 is 0. The van der Waals surface area contributed by atoms with E-state index in [1.54, 1.807) is 31.2 Å². The molecule has 0 spiro atoms. The molecular weight excluding hydrogens is 308 g/mol. The van der Waals surface area contributed by atoms with Gasteiger partial charge in [-0.25, -0.2) is 4.79 Å². The van der Waals surface area contributed by atoms with E-state index < -0.39 is 6.03 Å². The van der Waals surface area contributed by atoms with Crippen LogP contribution >= 0.6 is 12.4 Å². The van der Waals surface area contributed by atoms with Crippen LogP contribution in [-0.4, -0.2) is 35.3 Å². The summed E-state index contributed by atoms with van der Waals surface area (Å²) >= 11 is 0. The second-order valence-corrected chi connectivity index (χ2v) is 5.07. The predicted octanol–water partition coefficient (Wildman–Crippen LogP) is 0.836. The first-order valence-corrected chi connectivity index (χ1v) is 6.68. The molecule has 1 unspecified atom stereocenters. The molecule has 1 aromatic rings. The number of hydrogen-bond acceptors (Lipinski definition) is 4. The van der Waals surface area contributed by atoms with Gasteiger partial charge >= 0.3 is 6.03 Å². The Kier molecular flexibility index (Phi) is 6.33. The van der Waals surface area contributed by atoms with Crippen molar-refractivity contribution in [3.8, 4) is 0 Å². The van der Waals surface area contributed by atoms with E-state index in [1.807, 2.05) is 0 Å². The highest BCUT2D eigenvalue weighted by molar-refractivity contribution is 6.01. The molecule has 4 N–H and O–H groups in total. The van der Waals surface area contributed by atoms with E-state index in [1.165, 1.54) is 0 Å². The second-order valence-electron chi connectivity index (χ2n) is 5.07. The highest BCUT2D eigenvalue weighted by Crippen LogP contribution is 2.14. The van der Waals surface area contributed by atoms with Crippen molar-refractivity contribution < 1.29 is 14.4 Å². The first kappa shape index (κ1) is 17.9. The van der Waals surface area contributed by atoms with Gasteiger partial charge in [-0.15, -0.1) is 12.4 Å². The second kappa shape index (κ2) is 7.77. The van der Waals surface area contributed by atoms with Gasteiger partial charge in [0.15, 0.2) is 0 Å². The van der Waals surface area contributed by atoms with Gasteiger partial charge in [-0.2, -0.15) is 0 Å². The zero-order valence-electron chi connectivity index (χ0n) is 12.2. The highest BCUT2D eigenvalue weighted by Gasteiger charge is 2.28. The number of carbonyl (C=O) groups is 3. The molecule has 0 saturated carbocycles. The third-order valence-electron chi connectivity index (χ3n) is 3.00. The van der Waals surface area contributed by atoms with Gasteiger partial charge < -0.3 is 16.4 Å². The van der Waals surface area contributed by atoms with E-state index in [-0.39, 0.29) is 49.8 Å². The van der Waals surface area contributed by atoms with Crippen molar-refractivity contribution in [1.29, 1.82) is 0 Å². The van der Waals surface area contributed by atoms with Crippen LogP contribution in [0.5, 0.6) is 0 Å². The van der Waals surface area contributed by atoms with Gasteiger partial charge in [0, 0.05) is 18.2 Å². The average molecular weight is 327 g/mol. The van der Waals surface area contributed by atoms with E-state index in [9.17, 15) is 14.4 Å². The van der Waals surface area contributed by atoms with Crippen molar-refractivity contribution in [2.75, 3.05) is 11.9 Å². The molecule has 7 nitrogen and oxygen atoms in total. The Labute approximate surface area is 134 Å². The molecule has 0 aromatic heterocycles. The fraction of sp³-hybridized carbons (Fsp3) is 0.357. The van der Waals surface area contributed by atoms with Gasteiger partial charge in [0.2, 0.25) is 11.8 Å². The lowest BCUT2D eigenvalue weighted by Gasteiger charge is -2.13. The molecule has 8 heteroatoms. The lowest BCUT2D eigenvalue weighted by molar-refractivity contribution is -0.125. The van der Waals surface area contributed by atoms with E-state index in [0.717, 1.165) is 10.5 Å². The van der Waals surface area contributed by atoms with Crippen molar-refractivity contribution in [3.63, 3.8) is 0 Å². The summed E-state index contributed by atoms with van der Waals surface area (Å²) in [6.45, 7) is 1.97. The van der Waals surface area contributed by atoms with Crippen molar-refractivity contribution in [2.45, 2.75) is 25.9 Å². The van der Waals surface area contributed by atoms with E-state index >= 15 is 0 Å². The standard InChI is InChI=1S/C14H18N4O3.ClH/c1-9(15)5-12(19)17-11-4-2-3-10(6-11)8-18-13(20)7-16-14(18)21;/h2-4,6,9H,5,7-8,15H2,1H3,(H,16,21)(H,17,19);1H. The maximum absolute atomic E-state index is 11.7. The number of halogens is 1. The molecule has 0 bridgehead atoms. The van der Waals surface area contributed by atoms with Gasteiger partial charge in [0.25, 0.3) is 0 Å². The lowest BCUT2D eigenvalue weighted by atomic mass is 10.1. The van der Waals surface area contributed by atoms with Crippen LogP contribution in [0.25, 0.3) is 0 Å². The summed E-state index contributed by atoms with van der Waals surface area (Å²) in [5.74, 6) is -0.427. The zero-order valence-corrected chi connectivity index (χ0v) is 13.0. The molecule has 1 heterocycles. The molecule has 1 aliphatic rings. The number of urea groups is 1. The number of nitrogens with one attached hydrogen (secondary N) is 2. The molecule has 1 saturated heterocycles.